The van der Waals surface area contributed by atoms with Crippen LogP contribution in [0, 0.1) is 12.8 Å². The minimum atomic E-state index is -0.376. The summed E-state index contributed by atoms with van der Waals surface area (Å²) in [4.78, 5) is 30.9. The number of ether oxygens (including phenoxy) is 1. The number of unbranched alkanes of at least 4 members (excludes halogenated alkanes) is 1. The van der Waals surface area contributed by atoms with Crippen LogP contribution in [-0.4, -0.2) is 48.5 Å². The standard InChI is InChI=1S/C17H29N3O3S/c1-6-7-9-20(5)10-8-14(21)19-17-18-13(4)15(24-17)16(22)23-11-12(2)3/h12H,6-11H2,1-5H3,(H,18,19,21). The van der Waals surface area contributed by atoms with Gasteiger partial charge in [-0.3, -0.25) is 4.79 Å². The van der Waals surface area contributed by atoms with Gasteiger partial charge >= 0.3 is 5.97 Å². The monoisotopic (exact) mass is 355 g/mol. The van der Waals surface area contributed by atoms with E-state index in [1.54, 1.807) is 6.92 Å². The molecule has 0 saturated heterocycles. The first-order valence-corrected chi connectivity index (χ1v) is 9.28. The molecule has 0 radical (unpaired) electrons. The number of nitrogens with one attached hydrogen (secondary N) is 1. The number of anilines is 1. The van der Waals surface area contributed by atoms with Gasteiger partial charge in [0.15, 0.2) is 5.13 Å². The van der Waals surface area contributed by atoms with Crippen molar-refractivity contribution in [3.63, 3.8) is 0 Å². The number of carbonyl (C=O) groups is 2. The van der Waals surface area contributed by atoms with E-state index in [9.17, 15) is 9.59 Å². The lowest BCUT2D eigenvalue weighted by Gasteiger charge is -2.15. The molecule has 1 amide bonds. The summed E-state index contributed by atoms with van der Waals surface area (Å²) in [6.45, 7) is 9.94. The first-order chi connectivity index (χ1) is 11.3. The van der Waals surface area contributed by atoms with Gasteiger partial charge in [-0.25, -0.2) is 9.78 Å². The number of carbonyl (C=O) groups excluding carboxylic acids is 2. The molecular weight excluding hydrogens is 326 g/mol. The molecule has 1 N–H and O–H groups in total. The number of rotatable bonds is 10. The Labute approximate surface area is 148 Å². The molecule has 1 rings (SSSR count). The Bertz CT molecular complexity index is 543. The summed E-state index contributed by atoms with van der Waals surface area (Å²) in [5.41, 5.74) is 0.587. The van der Waals surface area contributed by atoms with Crippen molar-refractivity contribution in [2.24, 2.45) is 5.92 Å². The molecule has 7 heteroatoms. The number of hydrogen-bond donors (Lipinski definition) is 1. The highest BCUT2D eigenvalue weighted by Crippen LogP contribution is 2.23. The first kappa shape index (κ1) is 20.6. The van der Waals surface area contributed by atoms with Gasteiger partial charge in [-0.05, 0) is 32.9 Å². The van der Waals surface area contributed by atoms with E-state index in [-0.39, 0.29) is 17.8 Å². The number of esters is 1. The zero-order valence-corrected chi connectivity index (χ0v) is 16.2. The summed E-state index contributed by atoms with van der Waals surface area (Å²) in [6, 6.07) is 0. The SMILES string of the molecule is CCCCN(C)CCC(=O)Nc1nc(C)c(C(=O)OCC(C)C)s1. The number of aryl methyl sites for hydroxylation is 1. The Morgan fingerprint density at radius 1 is 1.33 bits per heavy atom. The Morgan fingerprint density at radius 2 is 2.04 bits per heavy atom. The van der Waals surface area contributed by atoms with Crippen molar-refractivity contribution in [1.29, 1.82) is 0 Å². The van der Waals surface area contributed by atoms with E-state index in [0.29, 0.717) is 35.3 Å². The molecule has 0 spiro atoms. The van der Waals surface area contributed by atoms with Crippen molar-refractivity contribution in [2.75, 3.05) is 32.1 Å². The minimum absolute atomic E-state index is 0.0887. The zero-order chi connectivity index (χ0) is 18.1. The van der Waals surface area contributed by atoms with Gasteiger partial charge < -0.3 is 15.0 Å². The van der Waals surface area contributed by atoms with Crippen LogP contribution < -0.4 is 5.32 Å². The van der Waals surface area contributed by atoms with Crippen LogP contribution in [0.3, 0.4) is 0 Å². The second-order valence-corrected chi connectivity index (χ2v) is 7.38. The zero-order valence-electron chi connectivity index (χ0n) is 15.3. The van der Waals surface area contributed by atoms with Crippen LogP contribution in [0.5, 0.6) is 0 Å². The Morgan fingerprint density at radius 3 is 2.67 bits per heavy atom. The molecule has 0 fully saturated rings. The average molecular weight is 356 g/mol. The second kappa shape index (κ2) is 10.4. The molecule has 1 aromatic heterocycles. The molecule has 0 bridgehead atoms. The Balaban J connectivity index is 2.49. The van der Waals surface area contributed by atoms with Gasteiger partial charge in [0, 0.05) is 13.0 Å². The molecule has 136 valence electrons. The highest BCUT2D eigenvalue weighted by atomic mass is 32.1. The molecule has 0 aromatic carbocycles. The second-order valence-electron chi connectivity index (χ2n) is 6.38. The summed E-state index contributed by atoms with van der Waals surface area (Å²) in [6.07, 6.45) is 2.68. The van der Waals surface area contributed by atoms with Crippen LogP contribution >= 0.6 is 11.3 Å². The fraction of sp³-hybridized carbons (Fsp3) is 0.706. The molecule has 0 saturated carbocycles. The first-order valence-electron chi connectivity index (χ1n) is 8.46. The maximum absolute atomic E-state index is 12.0. The van der Waals surface area contributed by atoms with Gasteiger partial charge in [-0.2, -0.15) is 0 Å². The topological polar surface area (TPSA) is 71.5 Å². The van der Waals surface area contributed by atoms with E-state index in [1.807, 2.05) is 20.9 Å². The maximum Gasteiger partial charge on any atom is 0.350 e. The van der Waals surface area contributed by atoms with Gasteiger partial charge in [-0.1, -0.05) is 38.5 Å². The van der Waals surface area contributed by atoms with Crippen molar-refractivity contribution >= 4 is 28.3 Å². The predicted molar refractivity (Wildman–Crippen MR) is 97.6 cm³/mol. The summed E-state index contributed by atoms with van der Waals surface area (Å²) >= 11 is 1.16. The molecule has 0 unspecified atom stereocenters. The van der Waals surface area contributed by atoms with Crippen LogP contribution in [-0.2, 0) is 9.53 Å². The van der Waals surface area contributed by atoms with Crippen LogP contribution in [0.2, 0.25) is 0 Å². The number of nitrogens with zero attached hydrogens (tertiary/aromatic N) is 2. The maximum atomic E-state index is 12.0. The van der Waals surface area contributed by atoms with E-state index >= 15 is 0 Å². The minimum Gasteiger partial charge on any atom is -0.461 e. The van der Waals surface area contributed by atoms with Crippen LogP contribution in [0.25, 0.3) is 0 Å². The summed E-state index contributed by atoms with van der Waals surface area (Å²) in [5.74, 6) is -0.182. The van der Waals surface area contributed by atoms with Gasteiger partial charge in [0.2, 0.25) is 5.91 Å². The lowest BCUT2D eigenvalue weighted by Crippen LogP contribution is -2.25. The van der Waals surface area contributed by atoms with Gasteiger partial charge in [0.25, 0.3) is 0 Å². The van der Waals surface area contributed by atoms with Crippen molar-refractivity contribution < 1.29 is 14.3 Å². The van der Waals surface area contributed by atoms with Crippen molar-refractivity contribution in [3.05, 3.63) is 10.6 Å². The number of aromatic nitrogens is 1. The van der Waals surface area contributed by atoms with Crippen molar-refractivity contribution in [1.82, 2.24) is 9.88 Å². The number of thiazole rings is 1. The molecule has 0 atom stereocenters. The third-order valence-corrected chi connectivity index (χ3v) is 4.44. The third kappa shape index (κ3) is 7.40. The molecule has 1 aromatic rings. The highest BCUT2D eigenvalue weighted by Gasteiger charge is 2.18. The van der Waals surface area contributed by atoms with E-state index in [4.69, 9.17) is 4.74 Å². The lowest BCUT2D eigenvalue weighted by molar-refractivity contribution is -0.116. The number of hydrogen-bond acceptors (Lipinski definition) is 6. The highest BCUT2D eigenvalue weighted by molar-refractivity contribution is 7.17. The normalized spacial score (nSPS) is 11.1. The molecule has 0 aliphatic carbocycles. The Kier molecular flexibility index (Phi) is 8.92. The van der Waals surface area contributed by atoms with E-state index < -0.39 is 0 Å². The molecule has 0 aliphatic heterocycles. The van der Waals surface area contributed by atoms with Gasteiger partial charge in [0.05, 0.1) is 12.3 Å². The molecule has 1 heterocycles. The van der Waals surface area contributed by atoms with Gasteiger partial charge in [0.1, 0.15) is 4.88 Å². The van der Waals surface area contributed by atoms with E-state index in [2.05, 4.69) is 22.1 Å². The van der Waals surface area contributed by atoms with E-state index in [1.165, 1.54) is 0 Å². The molecule has 6 nitrogen and oxygen atoms in total. The predicted octanol–water partition coefficient (Wildman–Crippen LogP) is 3.32. The molecule has 24 heavy (non-hydrogen) atoms. The van der Waals surface area contributed by atoms with Gasteiger partial charge in [-0.15, -0.1) is 0 Å². The van der Waals surface area contributed by atoms with Crippen molar-refractivity contribution in [2.45, 2.75) is 47.0 Å². The summed E-state index contributed by atoms with van der Waals surface area (Å²) < 4.78 is 5.22. The molecule has 0 aliphatic rings. The summed E-state index contributed by atoms with van der Waals surface area (Å²) in [5, 5.41) is 3.22. The Hall–Kier alpha value is -1.47. The van der Waals surface area contributed by atoms with Crippen LogP contribution in [0.4, 0.5) is 5.13 Å². The fourth-order valence-corrected chi connectivity index (χ4v) is 2.84. The third-order valence-electron chi connectivity index (χ3n) is 3.39. The number of amides is 1. The fourth-order valence-electron chi connectivity index (χ4n) is 1.96. The smallest absolute Gasteiger partial charge is 0.350 e. The summed E-state index contributed by atoms with van der Waals surface area (Å²) in [7, 11) is 2.01. The van der Waals surface area contributed by atoms with E-state index in [0.717, 1.165) is 30.7 Å². The average Bonchev–Trinajstić information content (AvgIpc) is 2.88. The lowest BCUT2D eigenvalue weighted by atomic mass is 10.2. The van der Waals surface area contributed by atoms with Crippen LogP contribution in [0.15, 0.2) is 0 Å². The quantitative estimate of drug-likeness (QED) is 0.652. The largest absolute Gasteiger partial charge is 0.461 e. The van der Waals surface area contributed by atoms with Crippen LogP contribution in [0.1, 0.15) is 55.4 Å². The van der Waals surface area contributed by atoms with Crippen molar-refractivity contribution in [3.8, 4) is 0 Å². The molecular formula is C17H29N3O3S.